The fourth-order valence-corrected chi connectivity index (χ4v) is 2.81. The van der Waals surface area contributed by atoms with Crippen molar-refractivity contribution in [1.82, 2.24) is 0 Å². The highest BCUT2D eigenvalue weighted by atomic mass is 19.4. The van der Waals surface area contributed by atoms with Crippen LogP contribution < -0.4 is 0 Å². The first-order chi connectivity index (χ1) is 9.88. The van der Waals surface area contributed by atoms with Crippen LogP contribution in [0, 0.1) is 5.92 Å². The third kappa shape index (κ3) is 2.35. The van der Waals surface area contributed by atoms with Crippen molar-refractivity contribution in [3.8, 4) is 11.1 Å². The minimum Gasteiger partial charge on any atom is -0.294 e. The van der Waals surface area contributed by atoms with E-state index in [0.717, 1.165) is 23.3 Å². The standard InChI is InChI=1S/C17H13F3O/c1-10-9-12-3-2-4-14(15(12)16(10)21)11-5-7-13(8-6-11)17(18,19)20/h2-8,10H,9H2,1H3. The summed E-state index contributed by atoms with van der Waals surface area (Å²) in [6.45, 7) is 1.87. The van der Waals surface area contributed by atoms with Gasteiger partial charge in [0.15, 0.2) is 5.78 Å². The molecule has 2 aromatic rings. The number of rotatable bonds is 1. The Morgan fingerprint density at radius 1 is 1.05 bits per heavy atom. The average molecular weight is 290 g/mol. The van der Waals surface area contributed by atoms with Crippen LogP contribution >= 0.6 is 0 Å². The van der Waals surface area contributed by atoms with Gasteiger partial charge < -0.3 is 0 Å². The van der Waals surface area contributed by atoms with Gasteiger partial charge in [-0.15, -0.1) is 0 Å². The van der Waals surface area contributed by atoms with Crippen molar-refractivity contribution >= 4 is 5.78 Å². The van der Waals surface area contributed by atoms with Crippen LogP contribution in [-0.2, 0) is 12.6 Å². The van der Waals surface area contributed by atoms with Gasteiger partial charge in [0.2, 0.25) is 0 Å². The summed E-state index contributed by atoms with van der Waals surface area (Å²) in [4.78, 5) is 12.2. The van der Waals surface area contributed by atoms with Crippen molar-refractivity contribution in [2.24, 2.45) is 5.92 Å². The molecule has 0 saturated carbocycles. The molecule has 2 aromatic carbocycles. The first-order valence-corrected chi connectivity index (χ1v) is 6.71. The van der Waals surface area contributed by atoms with Gasteiger partial charge in [0, 0.05) is 11.5 Å². The lowest BCUT2D eigenvalue weighted by Crippen LogP contribution is -2.05. The Balaban J connectivity index is 2.07. The number of hydrogen-bond donors (Lipinski definition) is 0. The van der Waals surface area contributed by atoms with Gasteiger partial charge in [-0.3, -0.25) is 4.79 Å². The molecule has 0 aliphatic heterocycles. The van der Waals surface area contributed by atoms with Gasteiger partial charge in [0.1, 0.15) is 0 Å². The van der Waals surface area contributed by atoms with Crippen molar-refractivity contribution < 1.29 is 18.0 Å². The molecule has 4 heteroatoms. The maximum absolute atomic E-state index is 12.6. The number of carbonyl (C=O) groups is 1. The van der Waals surface area contributed by atoms with Crippen LogP contribution in [0.5, 0.6) is 0 Å². The predicted octanol–water partition coefficient (Wildman–Crippen LogP) is 4.75. The van der Waals surface area contributed by atoms with E-state index in [9.17, 15) is 18.0 Å². The van der Waals surface area contributed by atoms with E-state index in [2.05, 4.69) is 0 Å². The lowest BCUT2D eigenvalue weighted by atomic mass is 9.95. The molecular weight excluding hydrogens is 277 g/mol. The molecule has 0 bridgehead atoms. The quantitative estimate of drug-likeness (QED) is 0.741. The van der Waals surface area contributed by atoms with Gasteiger partial charge in [-0.05, 0) is 35.2 Å². The number of halogens is 3. The highest BCUT2D eigenvalue weighted by molar-refractivity contribution is 6.07. The van der Waals surface area contributed by atoms with E-state index in [-0.39, 0.29) is 11.7 Å². The second-order valence-electron chi connectivity index (χ2n) is 5.38. The normalized spacial score (nSPS) is 17.9. The molecule has 1 aliphatic carbocycles. The lowest BCUT2D eigenvalue weighted by molar-refractivity contribution is -0.137. The molecule has 1 atom stereocenters. The molecule has 0 aromatic heterocycles. The van der Waals surface area contributed by atoms with Crippen LogP contribution in [0.1, 0.15) is 28.4 Å². The minimum absolute atomic E-state index is 0.0596. The topological polar surface area (TPSA) is 17.1 Å². The van der Waals surface area contributed by atoms with Crippen molar-refractivity contribution in [2.75, 3.05) is 0 Å². The van der Waals surface area contributed by atoms with Crippen molar-refractivity contribution in [3.63, 3.8) is 0 Å². The van der Waals surface area contributed by atoms with E-state index in [0.29, 0.717) is 17.5 Å². The maximum Gasteiger partial charge on any atom is 0.416 e. The molecular formula is C17H13F3O. The smallest absolute Gasteiger partial charge is 0.294 e. The van der Waals surface area contributed by atoms with E-state index in [1.54, 1.807) is 6.07 Å². The second kappa shape index (κ2) is 4.72. The number of benzene rings is 2. The summed E-state index contributed by atoms with van der Waals surface area (Å²) in [5, 5.41) is 0. The van der Waals surface area contributed by atoms with Gasteiger partial charge in [0.05, 0.1) is 5.56 Å². The summed E-state index contributed by atoms with van der Waals surface area (Å²) in [5.41, 5.74) is 2.31. The van der Waals surface area contributed by atoms with E-state index in [1.165, 1.54) is 12.1 Å². The number of fused-ring (bicyclic) bond motifs is 1. The monoisotopic (exact) mass is 290 g/mol. The van der Waals surface area contributed by atoms with Gasteiger partial charge in [-0.2, -0.15) is 13.2 Å². The molecule has 0 heterocycles. The Bertz CT molecular complexity index is 699. The number of Topliss-reactive ketones (excluding diaryl/α,β-unsaturated/α-hetero) is 1. The predicted molar refractivity (Wildman–Crippen MR) is 74.1 cm³/mol. The number of carbonyl (C=O) groups excluding carboxylic acids is 1. The third-order valence-electron chi connectivity index (χ3n) is 3.89. The van der Waals surface area contributed by atoms with E-state index >= 15 is 0 Å². The Morgan fingerprint density at radius 2 is 1.71 bits per heavy atom. The van der Waals surface area contributed by atoms with Crippen LogP contribution in [0.25, 0.3) is 11.1 Å². The van der Waals surface area contributed by atoms with E-state index < -0.39 is 11.7 Å². The molecule has 0 radical (unpaired) electrons. The van der Waals surface area contributed by atoms with Crippen LogP contribution in [0.2, 0.25) is 0 Å². The number of alkyl halides is 3. The fraction of sp³-hybridized carbons (Fsp3) is 0.235. The summed E-state index contributed by atoms with van der Waals surface area (Å²) in [5.74, 6) is 0.0103. The molecule has 0 N–H and O–H groups in total. The lowest BCUT2D eigenvalue weighted by Gasteiger charge is -2.10. The number of hydrogen-bond acceptors (Lipinski definition) is 1. The first kappa shape index (κ1) is 13.9. The molecule has 0 fully saturated rings. The molecule has 1 aliphatic rings. The Hall–Kier alpha value is -2.10. The van der Waals surface area contributed by atoms with Gasteiger partial charge in [-0.25, -0.2) is 0 Å². The fourth-order valence-electron chi connectivity index (χ4n) is 2.81. The molecule has 21 heavy (non-hydrogen) atoms. The molecule has 0 saturated heterocycles. The molecule has 108 valence electrons. The van der Waals surface area contributed by atoms with Crippen LogP contribution in [0.15, 0.2) is 42.5 Å². The highest BCUT2D eigenvalue weighted by Crippen LogP contribution is 2.36. The second-order valence-corrected chi connectivity index (χ2v) is 5.38. The van der Waals surface area contributed by atoms with Crippen LogP contribution in [0.3, 0.4) is 0 Å². The molecule has 0 spiro atoms. The van der Waals surface area contributed by atoms with Gasteiger partial charge in [-0.1, -0.05) is 37.3 Å². The minimum atomic E-state index is -4.35. The first-order valence-electron chi connectivity index (χ1n) is 6.71. The SMILES string of the molecule is CC1Cc2cccc(-c3ccc(C(F)(F)F)cc3)c2C1=O. The zero-order chi connectivity index (χ0) is 15.2. The van der Waals surface area contributed by atoms with Crippen LogP contribution in [0.4, 0.5) is 13.2 Å². The molecule has 1 unspecified atom stereocenters. The summed E-state index contributed by atoms with van der Waals surface area (Å²) < 4.78 is 37.8. The third-order valence-corrected chi connectivity index (χ3v) is 3.89. The average Bonchev–Trinajstić information content (AvgIpc) is 2.73. The molecule has 1 nitrogen and oxygen atoms in total. The summed E-state index contributed by atoms with van der Waals surface area (Å²) >= 11 is 0. The summed E-state index contributed by atoms with van der Waals surface area (Å²) in [6.07, 6.45) is -3.65. The highest BCUT2D eigenvalue weighted by Gasteiger charge is 2.31. The Labute approximate surface area is 120 Å². The molecule has 0 amide bonds. The Kier molecular flexibility index (Phi) is 3.12. The maximum atomic E-state index is 12.6. The van der Waals surface area contributed by atoms with Crippen molar-refractivity contribution in [2.45, 2.75) is 19.5 Å². The molecule has 3 rings (SSSR count). The van der Waals surface area contributed by atoms with E-state index in [4.69, 9.17) is 0 Å². The largest absolute Gasteiger partial charge is 0.416 e. The summed E-state index contributed by atoms with van der Waals surface area (Å²) in [6, 6.07) is 10.5. The zero-order valence-electron chi connectivity index (χ0n) is 11.4. The van der Waals surface area contributed by atoms with Crippen molar-refractivity contribution in [3.05, 3.63) is 59.2 Å². The Morgan fingerprint density at radius 3 is 2.33 bits per heavy atom. The summed E-state index contributed by atoms with van der Waals surface area (Å²) in [7, 11) is 0. The number of ketones is 1. The van der Waals surface area contributed by atoms with Gasteiger partial charge >= 0.3 is 6.18 Å². The van der Waals surface area contributed by atoms with Crippen molar-refractivity contribution in [1.29, 1.82) is 0 Å². The zero-order valence-corrected chi connectivity index (χ0v) is 11.4. The van der Waals surface area contributed by atoms with Crippen LogP contribution in [-0.4, -0.2) is 5.78 Å². The van der Waals surface area contributed by atoms with Gasteiger partial charge in [0.25, 0.3) is 0 Å². The van der Waals surface area contributed by atoms with E-state index in [1.807, 2.05) is 19.1 Å².